The molecule has 0 unspecified atom stereocenters. The molecule has 2 atom stereocenters. The molecule has 1 saturated carbocycles. The van der Waals surface area contributed by atoms with E-state index in [-0.39, 0.29) is 36.7 Å². The Labute approximate surface area is 145 Å². The molecule has 130 valence electrons. The summed E-state index contributed by atoms with van der Waals surface area (Å²) in [5, 5.41) is 8.95. The van der Waals surface area contributed by atoms with E-state index < -0.39 is 5.97 Å². The van der Waals surface area contributed by atoms with Crippen LogP contribution in [0.4, 0.5) is 4.39 Å². The monoisotopic (exact) mass is 342 g/mol. The van der Waals surface area contributed by atoms with E-state index in [1.165, 1.54) is 12.1 Å². The average molecular weight is 342 g/mol. The number of carbonyl (C=O) groups is 2. The van der Waals surface area contributed by atoms with Crippen molar-refractivity contribution in [2.24, 2.45) is 5.92 Å². The maximum Gasteiger partial charge on any atom is 0.307 e. The SMILES string of the molecule is O=C(CCc1cccc(F)c1)OCc1ccc([C@@H]2C[C@H]2C(=O)O)cc1. The first kappa shape index (κ1) is 17.1. The molecule has 0 radical (unpaired) electrons. The zero-order chi connectivity index (χ0) is 17.8. The van der Waals surface area contributed by atoms with Crippen LogP contribution < -0.4 is 0 Å². The quantitative estimate of drug-likeness (QED) is 0.780. The van der Waals surface area contributed by atoms with Crippen LogP contribution in [0.15, 0.2) is 48.5 Å². The number of benzene rings is 2. The summed E-state index contributed by atoms with van der Waals surface area (Å²) < 4.78 is 18.3. The molecule has 0 heterocycles. The average Bonchev–Trinajstić information content (AvgIpc) is 3.40. The van der Waals surface area contributed by atoms with Crippen LogP contribution in [0.2, 0.25) is 0 Å². The highest BCUT2D eigenvalue weighted by molar-refractivity contribution is 5.75. The van der Waals surface area contributed by atoms with Gasteiger partial charge in [-0.2, -0.15) is 0 Å². The Morgan fingerprint density at radius 2 is 1.88 bits per heavy atom. The number of hydrogen-bond acceptors (Lipinski definition) is 3. The van der Waals surface area contributed by atoms with Crippen molar-refractivity contribution in [3.63, 3.8) is 0 Å². The molecule has 1 aliphatic carbocycles. The number of carboxylic acid groups (broad SMARTS) is 1. The number of aliphatic carboxylic acids is 1. The molecule has 0 saturated heterocycles. The number of rotatable bonds is 7. The third kappa shape index (κ3) is 4.66. The van der Waals surface area contributed by atoms with E-state index in [0.717, 1.165) is 16.7 Å². The lowest BCUT2D eigenvalue weighted by molar-refractivity contribution is -0.145. The number of hydrogen-bond donors (Lipinski definition) is 1. The largest absolute Gasteiger partial charge is 0.481 e. The molecule has 2 aromatic rings. The van der Waals surface area contributed by atoms with E-state index in [2.05, 4.69) is 0 Å². The molecule has 1 fully saturated rings. The van der Waals surface area contributed by atoms with Gasteiger partial charge in [0.1, 0.15) is 12.4 Å². The minimum atomic E-state index is -0.749. The van der Waals surface area contributed by atoms with E-state index in [9.17, 15) is 14.0 Å². The zero-order valence-corrected chi connectivity index (χ0v) is 13.7. The number of ether oxygens (including phenoxy) is 1. The predicted molar refractivity (Wildman–Crippen MR) is 89.4 cm³/mol. The van der Waals surface area contributed by atoms with Gasteiger partial charge in [0, 0.05) is 6.42 Å². The molecule has 4 nitrogen and oxygen atoms in total. The summed E-state index contributed by atoms with van der Waals surface area (Å²) in [6, 6.07) is 13.7. The third-order valence-corrected chi connectivity index (χ3v) is 4.42. The highest BCUT2D eigenvalue weighted by Crippen LogP contribution is 2.47. The number of halogens is 1. The predicted octanol–water partition coefficient (Wildman–Crippen LogP) is 3.69. The molecule has 5 heteroatoms. The van der Waals surface area contributed by atoms with Gasteiger partial charge in [0.2, 0.25) is 0 Å². The van der Waals surface area contributed by atoms with Gasteiger partial charge in [0.25, 0.3) is 0 Å². The van der Waals surface area contributed by atoms with Gasteiger partial charge in [-0.3, -0.25) is 9.59 Å². The lowest BCUT2D eigenvalue weighted by Gasteiger charge is -2.06. The molecule has 0 bridgehead atoms. The molecular weight excluding hydrogens is 323 g/mol. The minimum Gasteiger partial charge on any atom is -0.481 e. The number of esters is 1. The Bertz CT molecular complexity index is 770. The van der Waals surface area contributed by atoms with Crippen LogP contribution in [-0.4, -0.2) is 17.0 Å². The van der Waals surface area contributed by atoms with Crippen LogP contribution in [0.1, 0.15) is 35.4 Å². The van der Waals surface area contributed by atoms with Gasteiger partial charge in [-0.1, -0.05) is 36.4 Å². The molecular formula is C20H19FO4. The Kier molecular flexibility index (Phi) is 5.12. The van der Waals surface area contributed by atoms with E-state index in [1.54, 1.807) is 12.1 Å². The van der Waals surface area contributed by atoms with Crippen LogP contribution in [-0.2, 0) is 27.4 Å². The standard InChI is InChI=1S/C20H19FO4/c21-16-3-1-2-13(10-16)6-9-19(22)25-12-14-4-7-15(8-5-14)17-11-18(17)20(23)24/h1-5,7-8,10,17-18H,6,9,11-12H2,(H,23,24)/t17-,18+/m0/s1. The molecule has 1 aliphatic rings. The topological polar surface area (TPSA) is 63.6 Å². The maximum absolute atomic E-state index is 13.1. The second-order valence-corrected chi connectivity index (χ2v) is 6.32. The summed E-state index contributed by atoms with van der Waals surface area (Å²) in [4.78, 5) is 22.7. The number of carbonyl (C=O) groups excluding carboxylic acids is 1. The molecule has 0 aliphatic heterocycles. The van der Waals surface area contributed by atoms with Crippen LogP contribution in [0.3, 0.4) is 0 Å². The van der Waals surface area contributed by atoms with Crippen molar-refractivity contribution in [2.45, 2.75) is 31.8 Å². The van der Waals surface area contributed by atoms with Crippen LogP contribution in [0.25, 0.3) is 0 Å². The number of carboxylic acids is 1. The zero-order valence-electron chi connectivity index (χ0n) is 13.7. The first-order valence-electron chi connectivity index (χ1n) is 8.24. The molecule has 2 aromatic carbocycles. The molecule has 3 rings (SSSR count). The van der Waals surface area contributed by atoms with Crippen molar-refractivity contribution in [2.75, 3.05) is 0 Å². The minimum absolute atomic E-state index is 0.0976. The van der Waals surface area contributed by atoms with E-state index in [0.29, 0.717) is 12.8 Å². The van der Waals surface area contributed by atoms with Gasteiger partial charge in [-0.15, -0.1) is 0 Å². The van der Waals surface area contributed by atoms with Gasteiger partial charge in [0.15, 0.2) is 0 Å². The van der Waals surface area contributed by atoms with E-state index in [1.807, 2.05) is 24.3 Å². The van der Waals surface area contributed by atoms with Crippen LogP contribution in [0.5, 0.6) is 0 Å². The van der Waals surface area contributed by atoms with Crippen molar-refractivity contribution in [3.8, 4) is 0 Å². The van der Waals surface area contributed by atoms with E-state index >= 15 is 0 Å². The summed E-state index contributed by atoms with van der Waals surface area (Å²) >= 11 is 0. The van der Waals surface area contributed by atoms with Crippen molar-refractivity contribution >= 4 is 11.9 Å². The maximum atomic E-state index is 13.1. The Morgan fingerprint density at radius 3 is 2.52 bits per heavy atom. The Hall–Kier alpha value is -2.69. The number of aryl methyl sites for hydroxylation is 1. The molecule has 1 N–H and O–H groups in total. The molecule has 0 spiro atoms. The molecule has 0 aromatic heterocycles. The third-order valence-electron chi connectivity index (χ3n) is 4.42. The van der Waals surface area contributed by atoms with Gasteiger partial charge < -0.3 is 9.84 Å². The Balaban J connectivity index is 1.44. The summed E-state index contributed by atoms with van der Waals surface area (Å²) in [6.07, 6.45) is 1.32. The van der Waals surface area contributed by atoms with Gasteiger partial charge in [-0.25, -0.2) is 4.39 Å². The van der Waals surface area contributed by atoms with E-state index in [4.69, 9.17) is 9.84 Å². The first-order chi connectivity index (χ1) is 12.0. The highest BCUT2D eigenvalue weighted by Gasteiger charge is 2.43. The van der Waals surface area contributed by atoms with Crippen molar-refractivity contribution in [1.82, 2.24) is 0 Å². The smallest absolute Gasteiger partial charge is 0.307 e. The van der Waals surface area contributed by atoms with Crippen LogP contribution in [0, 0.1) is 11.7 Å². The fourth-order valence-corrected chi connectivity index (χ4v) is 2.87. The van der Waals surface area contributed by atoms with Crippen molar-refractivity contribution in [1.29, 1.82) is 0 Å². The van der Waals surface area contributed by atoms with Gasteiger partial charge in [0.05, 0.1) is 5.92 Å². The Morgan fingerprint density at radius 1 is 1.12 bits per heavy atom. The summed E-state index contributed by atoms with van der Waals surface area (Å²) in [6.45, 7) is 0.176. The fraction of sp³-hybridized carbons (Fsp3) is 0.300. The second kappa shape index (κ2) is 7.47. The summed E-state index contributed by atoms with van der Waals surface area (Å²) in [5.41, 5.74) is 2.63. The lowest BCUT2D eigenvalue weighted by Crippen LogP contribution is -2.06. The van der Waals surface area contributed by atoms with Crippen LogP contribution >= 0.6 is 0 Å². The van der Waals surface area contributed by atoms with Gasteiger partial charge >= 0.3 is 11.9 Å². The van der Waals surface area contributed by atoms with Gasteiger partial charge in [-0.05, 0) is 47.6 Å². The van der Waals surface area contributed by atoms with Crippen molar-refractivity contribution in [3.05, 3.63) is 71.0 Å². The summed E-state index contributed by atoms with van der Waals surface area (Å²) in [5.74, 6) is -1.57. The lowest BCUT2D eigenvalue weighted by atomic mass is 10.1. The normalized spacial score (nSPS) is 18.6. The highest BCUT2D eigenvalue weighted by atomic mass is 19.1. The first-order valence-corrected chi connectivity index (χ1v) is 8.24. The second-order valence-electron chi connectivity index (χ2n) is 6.32. The fourth-order valence-electron chi connectivity index (χ4n) is 2.87. The van der Waals surface area contributed by atoms with Crippen molar-refractivity contribution < 1.29 is 23.8 Å². The summed E-state index contributed by atoms with van der Waals surface area (Å²) in [7, 11) is 0. The molecule has 25 heavy (non-hydrogen) atoms. The molecule has 0 amide bonds.